The molecule has 22 heavy (non-hydrogen) atoms. The van der Waals surface area contributed by atoms with E-state index in [-0.39, 0.29) is 23.8 Å². The highest BCUT2D eigenvalue weighted by molar-refractivity contribution is 6.42. The molecule has 2 rings (SSSR count). The number of piperidine rings is 1. The largest absolute Gasteiger partial charge is 0.355 e. The van der Waals surface area contributed by atoms with E-state index in [9.17, 15) is 9.59 Å². The molecule has 2 N–H and O–H groups in total. The van der Waals surface area contributed by atoms with Crippen molar-refractivity contribution in [3.05, 3.63) is 33.8 Å². The Morgan fingerprint density at radius 1 is 1.41 bits per heavy atom. The van der Waals surface area contributed by atoms with Crippen molar-refractivity contribution in [2.75, 3.05) is 6.54 Å². The van der Waals surface area contributed by atoms with Crippen molar-refractivity contribution in [2.45, 2.75) is 38.6 Å². The van der Waals surface area contributed by atoms with Gasteiger partial charge in [0.1, 0.15) is 0 Å². The standard InChI is InChI=1S/C16H20Cl2N2O2/c1-2-3-14(10-4-6-12(17)13(18)8-10)20-16(22)11-5-7-15(21)19-9-11/h4,6,8,11,14H,2-3,5,7,9H2,1H3,(H,19,21)(H,20,22)/t11-,14-/m0/s1. The summed E-state index contributed by atoms with van der Waals surface area (Å²) in [7, 11) is 0. The van der Waals surface area contributed by atoms with Crippen molar-refractivity contribution in [2.24, 2.45) is 5.92 Å². The Balaban J connectivity index is 2.06. The molecule has 1 aromatic carbocycles. The Bertz CT molecular complexity index is 553. The normalized spacial score (nSPS) is 19.4. The van der Waals surface area contributed by atoms with Gasteiger partial charge in [-0.05, 0) is 30.5 Å². The summed E-state index contributed by atoms with van der Waals surface area (Å²) in [5.74, 6) is -0.178. The van der Waals surface area contributed by atoms with Gasteiger partial charge in [-0.2, -0.15) is 0 Å². The predicted molar refractivity (Wildman–Crippen MR) is 88.0 cm³/mol. The van der Waals surface area contributed by atoms with Crippen LogP contribution in [0.3, 0.4) is 0 Å². The first-order chi connectivity index (χ1) is 10.5. The molecule has 0 radical (unpaired) electrons. The summed E-state index contributed by atoms with van der Waals surface area (Å²) < 4.78 is 0. The number of hydrogen-bond acceptors (Lipinski definition) is 2. The summed E-state index contributed by atoms with van der Waals surface area (Å²) >= 11 is 12.0. The van der Waals surface area contributed by atoms with Crippen LogP contribution >= 0.6 is 23.2 Å². The lowest BCUT2D eigenvalue weighted by Crippen LogP contribution is -2.43. The molecule has 4 nitrogen and oxygen atoms in total. The van der Waals surface area contributed by atoms with E-state index < -0.39 is 0 Å². The lowest BCUT2D eigenvalue weighted by molar-refractivity contribution is -0.129. The number of carbonyl (C=O) groups is 2. The monoisotopic (exact) mass is 342 g/mol. The fourth-order valence-corrected chi connectivity index (χ4v) is 2.89. The van der Waals surface area contributed by atoms with Gasteiger partial charge in [0.2, 0.25) is 11.8 Å². The maximum atomic E-state index is 12.4. The molecule has 1 saturated heterocycles. The number of carbonyl (C=O) groups excluding carboxylic acids is 2. The van der Waals surface area contributed by atoms with Crippen LogP contribution in [0.1, 0.15) is 44.2 Å². The highest BCUT2D eigenvalue weighted by atomic mass is 35.5. The van der Waals surface area contributed by atoms with Crippen LogP contribution < -0.4 is 10.6 Å². The number of nitrogens with one attached hydrogen (secondary N) is 2. The molecule has 0 bridgehead atoms. The number of rotatable bonds is 5. The number of hydrogen-bond donors (Lipinski definition) is 2. The van der Waals surface area contributed by atoms with E-state index in [1.165, 1.54) is 0 Å². The SMILES string of the molecule is CCC[C@H](NC(=O)[C@H]1CCC(=O)NC1)c1ccc(Cl)c(Cl)c1. The third kappa shape index (κ3) is 4.37. The van der Waals surface area contributed by atoms with Crippen LogP contribution in [0.4, 0.5) is 0 Å². The summed E-state index contributed by atoms with van der Waals surface area (Å²) in [6, 6.07) is 5.34. The van der Waals surface area contributed by atoms with Crippen molar-refractivity contribution in [3.63, 3.8) is 0 Å². The average molecular weight is 343 g/mol. The Labute approximate surface area is 140 Å². The van der Waals surface area contributed by atoms with Crippen molar-refractivity contribution in [3.8, 4) is 0 Å². The van der Waals surface area contributed by atoms with Gasteiger partial charge in [-0.15, -0.1) is 0 Å². The van der Waals surface area contributed by atoms with Crippen molar-refractivity contribution in [1.82, 2.24) is 10.6 Å². The van der Waals surface area contributed by atoms with Crippen LogP contribution in [0, 0.1) is 5.92 Å². The Morgan fingerprint density at radius 3 is 2.77 bits per heavy atom. The molecule has 1 aliphatic heterocycles. The van der Waals surface area contributed by atoms with Gasteiger partial charge >= 0.3 is 0 Å². The van der Waals surface area contributed by atoms with E-state index in [4.69, 9.17) is 23.2 Å². The molecular weight excluding hydrogens is 323 g/mol. The molecule has 0 aromatic heterocycles. The van der Waals surface area contributed by atoms with Crippen LogP contribution in [0.5, 0.6) is 0 Å². The Kier molecular flexibility index (Phi) is 6.09. The van der Waals surface area contributed by atoms with Crippen LogP contribution in [0.15, 0.2) is 18.2 Å². The first kappa shape index (κ1) is 17.1. The van der Waals surface area contributed by atoms with Crippen LogP contribution in [0.2, 0.25) is 10.0 Å². The van der Waals surface area contributed by atoms with Crippen LogP contribution in [-0.2, 0) is 9.59 Å². The van der Waals surface area contributed by atoms with Gasteiger partial charge < -0.3 is 10.6 Å². The van der Waals surface area contributed by atoms with Crippen molar-refractivity contribution >= 4 is 35.0 Å². The van der Waals surface area contributed by atoms with Gasteiger partial charge in [0.05, 0.1) is 22.0 Å². The molecule has 2 atom stereocenters. The lowest BCUT2D eigenvalue weighted by atomic mass is 9.96. The smallest absolute Gasteiger partial charge is 0.225 e. The van der Waals surface area contributed by atoms with E-state index in [1.807, 2.05) is 6.07 Å². The van der Waals surface area contributed by atoms with Gasteiger partial charge in [-0.3, -0.25) is 9.59 Å². The fourth-order valence-electron chi connectivity index (χ4n) is 2.59. The minimum atomic E-state index is -0.167. The Hall–Kier alpha value is -1.26. The summed E-state index contributed by atoms with van der Waals surface area (Å²) in [4.78, 5) is 23.6. The summed E-state index contributed by atoms with van der Waals surface area (Å²) in [6.07, 6.45) is 2.76. The number of amides is 2. The van der Waals surface area contributed by atoms with Crippen LogP contribution in [0.25, 0.3) is 0 Å². The van der Waals surface area contributed by atoms with Gasteiger partial charge in [0, 0.05) is 13.0 Å². The van der Waals surface area contributed by atoms with E-state index in [0.29, 0.717) is 29.4 Å². The minimum absolute atomic E-state index is 0.0126. The third-order valence-corrected chi connectivity index (χ3v) is 4.62. The van der Waals surface area contributed by atoms with E-state index >= 15 is 0 Å². The summed E-state index contributed by atoms with van der Waals surface area (Å²) in [6.45, 7) is 2.47. The molecule has 0 aliphatic carbocycles. The van der Waals surface area contributed by atoms with E-state index in [0.717, 1.165) is 18.4 Å². The lowest BCUT2D eigenvalue weighted by Gasteiger charge is -2.25. The van der Waals surface area contributed by atoms with Crippen molar-refractivity contribution < 1.29 is 9.59 Å². The maximum Gasteiger partial charge on any atom is 0.225 e. The van der Waals surface area contributed by atoms with Gasteiger partial charge in [-0.1, -0.05) is 42.6 Å². The summed E-state index contributed by atoms with van der Waals surface area (Å²) in [5, 5.41) is 6.80. The maximum absolute atomic E-state index is 12.4. The molecule has 0 saturated carbocycles. The zero-order chi connectivity index (χ0) is 16.1. The molecule has 120 valence electrons. The summed E-state index contributed by atoms with van der Waals surface area (Å²) in [5.41, 5.74) is 0.949. The molecule has 1 aromatic rings. The zero-order valence-electron chi connectivity index (χ0n) is 12.5. The van der Waals surface area contributed by atoms with Crippen molar-refractivity contribution in [1.29, 1.82) is 0 Å². The molecule has 6 heteroatoms. The highest BCUT2D eigenvalue weighted by Gasteiger charge is 2.26. The van der Waals surface area contributed by atoms with Crippen LogP contribution in [-0.4, -0.2) is 18.4 Å². The molecule has 0 unspecified atom stereocenters. The first-order valence-corrected chi connectivity index (χ1v) is 8.29. The minimum Gasteiger partial charge on any atom is -0.355 e. The number of halogens is 2. The second-order valence-corrected chi connectivity index (χ2v) is 6.38. The molecule has 0 spiro atoms. The average Bonchev–Trinajstić information content (AvgIpc) is 2.50. The third-order valence-electron chi connectivity index (χ3n) is 3.88. The molecule has 1 fully saturated rings. The fraction of sp³-hybridized carbons (Fsp3) is 0.500. The number of benzene rings is 1. The first-order valence-electron chi connectivity index (χ1n) is 7.53. The van der Waals surface area contributed by atoms with E-state index in [1.54, 1.807) is 12.1 Å². The van der Waals surface area contributed by atoms with Gasteiger partial charge in [-0.25, -0.2) is 0 Å². The van der Waals surface area contributed by atoms with Gasteiger partial charge in [0.15, 0.2) is 0 Å². The zero-order valence-corrected chi connectivity index (χ0v) is 14.0. The highest BCUT2D eigenvalue weighted by Crippen LogP contribution is 2.28. The van der Waals surface area contributed by atoms with E-state index in [2.05, 4.69) is 17.6 Å². The topological polar surface area (TPSA) is 58.2 Å². The Morgan fingerprint density at radius 2 is 2.18 bits per heavy atom. The quantitative estimate of drug-likeness (QED) is 0.860. The molecule has 2 amide bonds. The molecule has 1 heterocycles. The predicted octanol–water partition coefficient (Wildman–Crippen LogP) is 3.48. The molecular formula is C16H20Cl2N2O2. The molecule has 1 aliphatic rings. The van der Waals surface area contributed by atoms with Gasteiger partial charge in [0.25, 0.3) is 0 Å². The second-order valence-electron chi connectivity index (χ2n) is 5.56. The second kappa shape index (κ2) is 7.84.